The van der Waals surface area contributed by atoms with Gasteiger partial charge in [0, 0.05) is 0 Å². The third kappa shape index (κ3) is 7.65. The van der Waals surface area contributed by atoms with Gasteiger partial charge in [-0.15, -0.1) is 0 Å². The van der Waals surface area contributed by atoms with Gasteiger partial charge < -0.3 is 4.81 Å². The van der Waals surface area contributed by atoms with Gasteiger partial charge in [0.1, 0.15) is 14.4 Å². The van der Waals surface area contributed by atoms with E-state index >= 15 is 0 Å². The van der Waals surface area contributed by atoms with Crippen molar-refractivity contribution in [1.82, 2.24) is 4.81 Å². The smallest absolute Gasteiger partial charge is 0.165 e. The summed E-state index contributed by atoms with van der Waals surface area (Å²) < 4.78 is 0. The van der Waals surface area contributed by atoms with E-state index in [1.165, 1.54) is 144 Å². The highest BCUT2D eigenvalue weighted by Gasteiger charge is 2.29. The molecule has 26 heavy (non-hydrogen) atoms. The lowest BCUT2D eigenvalue weighted by atomic mass is 9.37. The van der Waals surface area contributed by atoms with Crippen molar-refractivity contribution in [3.8, 4) is 0 Å². The molecule has 0 bridgehead atoms. The van der Waals surface area contributed by atoms with Gasteiger partial charge in [-0.3, -0.25) is 0 Å². The quantitative estimate of drug-likeness (QED) is 0.598. The van der Waals surface area contributed by atoms with Crippen molar-refractivity contribution < 1.29 is 0 Å². The van der Waals surface area contributed by atoms with Crippen LogP contribution in [-0.4, -0.2) is 39.1 Å². The van der Waals surface area contributed by atoms with Gasteiger partial charge in [0.25, 0.3) is 0 Å². The van der Waals surface area contributed by atoms with Crippen LogP contribution in [0.25, 0.3) is 0 Å². The highest BCUT2D eigenvalue weighted by Crippen LogP contribution is 2.30. The maximum Gasteiger partial charge on any atom is 0.165 e. The third-order valence-corrected chi connectivity index (χ3v) is 7.88. The minimum Gasteiger partial charge on any atom is -0.356 e. The fourth-order valence-electron chi connectivity index (χ4n) is 6.15. The van der Waals surface area contributed by atoms with E-state index in [-0.39, 0.29) is 0 Å². The Balaban J connectivity index is 1.41. The average Bonchev–Trinajstić information content (AvgIpc) is 3.16. The summed E-state index contributed by atoms with van der Waals surface area (Å²) in [4.78, 5) is 2.93. The molecule has 0 aromatic rings. The molecule has 4 heteroatoms. The highest BCUT2D eigenvalue weighted by molar-refractivity contribution is 7.00. The fraction of sp³-hybridized carbons (Fsp3) is 1.00. The molecular weight excluding hydrogens is 311 g/mol. The van der Waals surface area contributed by atoms with E-state index in [1.807, 2.05) is 0 Å². The molecule has 2 aliphatic carbocycles. The van der Waals surface area contributed by atoms with Crippen LogP contribution in [0.3, 0.4) is 0 Å². The molecule has 0 radical (unpaired) electrons. The van der Waals surface area contributed by atoms with E-state index in [9.17, 15) is 0 Å². The molecule has 0 N–H and O–H groups in total. The first-order valence-corrected chi connectivity index (χ1v) is 12.7. The summed E-state index contributed by atoms with van der Waals surface area (Å²) >= 11 is 0. The summed E-state index contributed by atoms with van der Waals surface area (Å²) in [7, 11) is 4.45. The molecule has 3 rings (SSSR count). The molecule has 146 valence electrons. The summed E-state index contributed by atoms with van der Waals surface area (Å²) in [5, 5.41) is 0. The first-order valence-electron chi connectivity index (χ1n) is 12.7. The second-order valence-electron chi connectivity index (χ2n) is 9.99. The van der Waals surface area contributed by atoms with Crippen LogP contribution in [0.1, 0.15) is 116 Å². The van der Waals surface area contributed by atoms with Crippen LogP contribution in [0.5, 0.6) is 0 Å². The zero-order chi connectivity index (χ0) is 17.9. The van der Waals surface area contributed by atoms with Crippen molar-refractivity contribution in [1.29, 1.82) is 0 Å². The lowest BCUT2D eigenvalue weighted by Gasteiger charge is -2.28. The Bertz CT molecular complexity index is 345. The largest absolute Gasteiger partial charge is 0.356 e. The van der Waals surface area contributed by atoms with Crippen LogP contribution in [0, 0.1) is 0 Å². The van der Waals surface area contributed by atoms with Crippen molar-refractivity contribution in [3.05, 3.63) is 0 Å². The summed E-state index contributed by atoms with van der Waals surface area (Å²) in [5.74, 6) is 3.03. The van der Waals surface area contributed by atoms with Crippen molar-refractivity contribution >= 4 is 21.8 Å². The van der Waals surface area contributed by atoms with Crippen LogP contribution in [0.4, 0.5) is 0 Å². The second kappa shape index (κ2) is 12.6. The molecule has 0 aromatic heterocycles. The fourth-order valence-corrected chi connectivity index (χ4v) is 6.15. The highest BCUT2D eigenvalue weighted by atomic mass is 15.1. The summed E-state index contributed by atoms with van der Waals surface area (Å²) in [5.41, 5.74) is 0. The molecule has 1 heterocycles. The van der Waals surface area contributed by atoms with Gasteiger partial charge in [-0.1, -0.05) is 114 Å². The third-order valence-electron chi connectivity index (χ3n) is 7.88. The zero-order valence-corrected chi connectivity index (χ0v) is 17.7. The Morgan fingerprint density at radius 3 is 1.58 bits per heavy atom. The molecule has 1 aliphatic heterocycles. The Morgan fingerprint density at radius 2 is 1.00 bits per heavy atom. The van der Waals surface area contributed by atoms with Gasteiger partial charge in [0.2, 0.25) is 0 Å². The van der Waals surface area contributed by atoms with Crippen LogP contribution >= 0.6 is 0 Å². The number of hydrogen-bond donors (Lipinski definition) is 0. The minimum atomic E-state index is 0.942. The van der Waals surface area contributed by atoms with Crippen LogP contribution in [-0.2, 0) is 0 Å². The Labute approximate surface area is 166 Å². The molecule has 3 aliphatic rings. The minimum absolute atomic E-state index is 0.942. The number of nitrogens with zero attached hydrogens (tertiary/aromatic N) is 1. The standard InChI is InChI=1S/C22H44B3N/c1-2-6-10-15-20(14-9-5-1)23-22-18-13-19-26(22)25-24-21-16-11-7-3-4-8-12-17-21/h20-25H,1-19H2. The van der Waals surface area contributed by atoms with Crippen molar-refractivity contribution in [2.75, 3.05) is 6.54 Å². The normalized spacial score (nSPS) is 28.8. The van der Waals surface area contributed by atoms with Crippen LogP contribution in [0.15, 0.2) is 0 Å². The SMILES string of the molecule is B(BN1CCCC1BC1CCCCCCCC1)C1CCCCCCCC1. The Hall–Kier alpha value is 0.155. The summed E-state index contributed by atoms with van der Waals surface area (Å²) in [6, 6.07) is 0. The molecule has 0 spiro atoms. The topological polar surface area (TPSA) is 3.24 Å². The van der Waals surface area contributed by atoms with Crippen molar-refractivity contribution in [2.24, 2.45) is 0 Å². The Morgan fingerprint density at radius 1 is 0.500 bits per heavy atom. The molecule has 1 atom stereocenters. The van der Waals surface area contributed by atoms with Crippen LogP contribution in [0.2, 0.25) is 11.6 Å². The first-order chi connectivity index (χ1) is 12.9. The van der Waals surface area contributed by atoms with Gasteiger partial charge in [0.05, 0.1) is 0 Å². The Kier molecular flexibility index (Phi) is 10.1. The van der Waals surface area contributed by atoms with E-state index in [4.69, 9.17) is 0 Å². The molecule has 1 unspecified atom stereocenters. The van der Waals surface area contributed by atoms with E-state index in [0.29, 0.717) is 0 Å². The maximum atomic E-state index is 2.93. The lowest BCUT2D eigenvalue weighted by molar-refractivity contribution is 0.500. The molecule has 3 fully saturated rings. The van der Waals surface area contributed by atoms with Gasteiger partial charge >= 0.3 is 0 Å². The van der Waals surface area contributed by atoms with Gasteiger partial charge in [-0.2, -0.15) is 0 Å². The molecule has 1 saturated heterocycles. The predicted molar refractivity (Wildman–Crippen MR) is 123 cm³/mol. The monoisotopic (exact) mass is 355 g/mol. The van der Waals surface area contributed by atoms with E-state index in [2.05, 4.69) is 4.81 Å². The maximum absolute atomic E-state index is 2.93. The average molecular weight is 355 g/mol. The van der Waals surface area contributed by atoms with E-state index < -0.39 is 0 Å². The molecule has 2 saturated carbocycles. The first kappa shape index (κ1) is 20.9. The lowest BCUT2D eigenvalue weighted by Crippen LogP contribution is -2.41. The van der Waals surface area contributed by atoms with Gasteiger partial charge in [-0.05, 0) is 25.3 Å². The summed E-state index contributed by atoms with van der Waals surface area (Å²) in [6.07, 6.45) is 27.2. The van der Waals surface area contributed by atoms with Gasteiger partial charge in [0.15, 0.2) is 7.31 Å². The van der Waals surface area contributed by atoms with E-state index in [0.717, 1.165) is 17.6 Å². The molecule has 1 nitrogen and oxygen atoms in total. The van der Waals surface area contributed by atoms with E-state index in [1.54, 1.807) is 0 Å². The summed E-state index contributed by atoms with van der Waals surface area (Å²) in [6.45, 7) is 1.41. The molecule has 0 amide bonds. The van der Waals surface area contributed by atoms with Crippen LogP contribution < -0.4 is 0 Å². The van der Waals surface area contributed by atoms with Gasteiger partial charge in [-0.25, -0.2) is 0 Å². The van der Waals surface area contributed by atoms with Crippen molar-refractivity contribution in [2.45, 2.75) is 133 Å². The predicted octanol–water partition coefficient (Wildman–Crippen LogP) is 5.39. The molecular formula is C22H44B3N. The number of rotatable bonds is 5. The second-order valence-corrected chi connectivity index (χ2v) is 9.99. The molecule has 0 aromatic carbocycles. The zero-order valence-electron chi connectivity index (χ0n) is 17.7. The van der Waals surface area contributed by atoms with Crippen molar-refractivity contribution in [3.63, 3.8) is 0 Å². The number of hydrogen-bond acceptors (Lipinski definition) is 1.